The summed E-state index contributed by atoms with van der Waals surface area (Å²) in [6, 6.07) is 5.99. The third-order valence-corrected chi connectivity index (χ3v) is 6.15. The summed E-state index contributed by atoms with van der Waals surface area (Å²) in [5.41, 5.74) is -1.62. The van der Waals surface area contributed by atoms with Crippen LogP contribution >= 0.6 is 11.8 Å². The average molecular weight is 353 g/mol. The van der Waals surface area contributed by atoms with Crippen molar-refractivity contribution in [2.45, 2.75) is 37.3 Å². The lowest BCUT2D eigenvalue weighted by atomic mass is 9.68. The van der Waals surface area contributed by atoms with Gasteiger partial charge >= 0.3 is 0 Å². The third-order valence-electron chi connectivity index (χ3n) is 5.43. The van der Waals surface area contributed by atoms with Crippen LogP contribution in [0.25, 0.3) is 0 Å². The van der Waals surface area contributed by atoms with Gasteiger partial charge in [0.1, 0.15) is 5.41 Å². The van der Waals surface area contributed by atoms with Crippen molar-refractivity contribution in [3.63, 3.8) is 0 Å². The van der Waals surface area contributed by atoms with Crippen LogP contribution < -0.4 is 5.32 Å². The number of nitrogens with one attached hydrogen (secondary N) is 1. The fraction of sp³-hybridized carbons (Fsp3) is 0.471. The molecule has 1 amide bonds. The molecule has 2 fully saturated rings. The topological polar surface area (TPSA) is 63.2 Å². The predicted octanol–water partition coefficient (Wildman–Crippen LogP) is 3.51. The Hall–Kier alpha value is -1.76. The molecule has 2 unspecified atom stereocenters. The van der Waals surface area contributed by atoms with Crippen LogP contribution in [0.4, 0.5) is 14.5 Å². The molecule has 0 aliphatic heterocycles. The van der Waals surface area contributed by atoms with E-state index in [-0.39, 0.29) is 0 Å². The maximum Gasteiger partial charge on any atom is 0.288 e. The van der Waals surface area contributed by atoms with Crippen LogP contribution in [0.3, 0.4) is 0 Å². The standard InChI is InChI=1S/C17H17F2NO3S/c1-16(2)11-7-8-17(16,13(22)12(11)21)14(23)20-9-3-5-10(6-4-9)24-15(18)19/h3-6,11,15H,7-8H2,1-2H3,(H,20,23). The highest BCUT2D eigenvalue weighted by molar-refractivity contribution is 7.99. The first-order valence-electron chi connectivity index (χ1n) is 7.65. The number of thioether (sulfide) groups is 1. The van der Waals surface area contributed by atoms with Gasteiger partial charge in [-0.15, -0.1) is 0 Å². The molecule has 24 heavy (non-hydrogen) atoms. The monoisotopic (exact) mass is 353 g/mol. The Morgan fingerprint density at radius 2 is 1.88 bits per heavy atom. The van der Waals surface area contributed by atoms with Gasteiger partial charge in [-0.3, -0.25) is 14.4 Å². The third kappa shape index (κ3) is 2.29. The largest absolute Gasteiger partial charge is 0.325 e. The second kappa shape index (κ2) is 5.65. The Labute approximate surface area is 142 Å². The molecule has 2 saturated carbocycles. The minimum atomic E-state index is -2.51. The number of carbonyl (C=O) groups excluding carboxylic acids is 3. The number of fused-ring (bicyclic) bond motifs is 2. The zero-order chi connectivity index (χ0) is 17.7. The van der Waals surface area contributed by atoms with E-state index in [2.05, 4.69) is 5.32 Å². The van der Waals surface area contributed by atoms with E-state index in [0.717, 1.165) is 0 Å². The smallest absolute Gasteiger partial charge is 0.288 e. The second-order valence-corrected chi connectivity index (χ2v) is 7.83. The Bertz CT molecular complexity index is 717. The summed E-state index contributed by atoms with van der Waals surface area (Å²) in [7, 11) is 0. The molecule has 1 N–H and O–H groups in total. The molecule has 7 heteroatoms. The van der Waals surface area contributed by atoms with Crippen LogP contribution in [0, 0.1) is 16.7 Å². The van der Waals surface area contributed by atoms with Crippen LogP contribution in [-0.4, -0.2) is 23.2 Å². The minimum Gasteiger partial charge on any atom is -0.325 e. The molecule has 1 aromatic rings. The van der Waals surface area contributed by atoms with Gasteiger partial charge < -0.3 is 5.32 Å². The molecule has 0 aromatic heterocycles. The van der Waals surface area contributed by atoms with Gasteiger partial charge in [0.05, 0.1) is 0 Å². The van der Waals surface area contributed by atoms with E-state index in [1.165, 1.54) is 24.3 Å². The molecule has 0 spiro atoms. The maximum absolute atomic E-state index is 12.8. The molecule has 1 aromatic carbocycles. The van der Waals surface area contributed by atoms with Crippen molar-refractivity contribution in [3.8, 4) is 0 Å². The van der Waals surface area contributed by atoms with Crippen LogP contribution in [0.5, 0.6) is 0 Å². The van der Waals surface area contributed by atoms with E-state index in [1.807, 2.05) is 0 Å². The number of rotatable bonds is 4. The van der Waals surface area contributed by atoms with E-state index in [0.29, 0.717) is 35.2 Å². The molecule has 4 nitrogen and oxygen atoms in total. The molecular weight excluding hydrogens is 336 g/mol. The quantitative estimate of drug-likeness (QED) is 0.511. The predicted molar refractivity (Wildman–Crippen MR) is 85.9 cm³/mol. The zero-order valence-electron chi connectivity index (χ0n) is 13.3. The highest BCUT2D eigenvalue weighted by Crippen LogP contribution is 2.62. The highest BCUT2D eigenvalue weighted by Gasteiger charge is 2.72. The molecular formula is C17H17F2NO3S. The summed E-state index contributed by atoms with van der Waals surface area (Å²) in [6.07, 6.45) is 0.898. The van der Waals surface area contributed by atoms with Gasteiger partial charge in [-0.1, -0.05) is 25.6 Å². The number of hydrogen-bond acceptors (Lipinski definition) is 4. The van der Waals surface area contributed by atoms with Crippen molar-refractivity contribution >= 4 is 34.9 Å². The van der Waals surface area contributed by atoms with Gasteiger partial charge in [-0.25, -0.2) is 0 Å². The first-order valence-corrected chi connectivity index (χ1v) is 8.53. The number of anilines is 1. The summed E-state index contributed by atoms with van der Waals surface area (Å²) >= 11 is 0.417. The molecule has 0 heterocycles. The van der Waals surface area contributed by atoms with Crippen LogP contribution in [0.15, 0.2) is 29.2 Å². The minimum absolute atomic E-state index is 0.361. The van der Waals surface area contributed by atoms with E-state index < -0.39 is 40.0 Å². The fourth-order valence-electron chi connectivity index (χ4n) is 4.04. The lowest BCUT2D eigenvalue weighted by Gasteiger charge is -2.33. The van der Waals surface area contributed by atoms with E-state index in [9.17, 15) is 23.2 Å². The number of benzene rings is 1. The summed E-state index contributed by atoms with van der Waals surface area (Å²) in [6.45, 7) is 3.57. The van der Waals surface area contributed by atoms with Gasteiger partial charge in [-0.05, 0) is 42.5 Å². The van der Waals surface area contributed by atoms with Gasteiger partial charge in [0.15, 0.2) is 0 Å². The molecule has 2 aliphatic rings. The Kier molecular flexibility index (Phi) is 4.02. The highest BCUT2D eigenvalue weighted by atomic mass is 32.2. The molecule has 2 aliphatic carbocycles. The Morgan fingerprint density at radius 1 is 1.25 bits per heavy atom. The number of halogens is 2. The number of Topliss-reactive ketones (excluding diaryl/α,β-unsaturated/α-hetero) is 2. The molecule has 3 rings (SSSR count). The van der Waals surface area contributed by atoms with E-state index in [4.69, 9.17) is 0 Å². The lowest BCUT2D eigenvalue weighted by molar-refractivity contribution is -0.147. The van der Waals surface area contributed by atoms with Crippen LogP contribution in [-0.2, 0) is 14.4 Å². The van der Waals surface area contributed by atoms with Gasteiger partial charge in [0.2, 0.25) is 17.5 Å². The van der Waals surface area contributed by atoms with Crippen LogP contribution in [0.2, 0.25) is 0 Å². The number of carbonyl (C=O) groups is 3. The van der Waals surface area contributed by atoms with E-state index in [1.54, 1.807) is 13.8 Å². The molecule has 2 bridgehead atoms. The first kappa shape index (κ1) is 17.1. The second-order valence-electron chi connectivity index (χ2n) is 6.77. The summed E-state index contributed by atoms with van der Waals surface area (Å²) in [5.74, 6) is -4.46. The molecule has 2 atom stereocenters. The Morgan fingerprint density at radius 3 is 2.38 bits per heavy atom. The zero-order valence-corrected chi connectivity index (χ0v) is 14.1. The fourth-order valence-corrected chi connectivity index (χ4v) is 4.54. The summed E-state index contributed by atoms with van der Waals surface area (Å²) in [5, 5.41) is 2.68. The molecule has 128 valence electrons. The van der Waals surface area contributed by atoms with Gasteiger partial charge in [0.25, 0.3) is 5.76 Å². The average Bonchev–Trinajstić information content (AvgIpc) is 2.85. The van der Waals surface area contributed by atoms with Gasteiger partial charge in [-0.2, -0.15) is 8.78 Å². The number of amides is 1. The number of alkyl halides is 2. The van der Waals surface area contributed by atoms with Crippen molar-refractivity contribution in [3.05, 3.63) is 24.3 Å². The van der Waals surface area contributed by atoms with E-state index >= 15 is 0 Å². The van der Waals surface area contributed by atoms with Crippen molar-refractivity contribution in [1.29, 1.82) is 0 Å². The number of hydrogen-bond donors (Lipinski definition) is 1. The van der Waals surface area contributed by atoms with Crippen LogP contribution in [0.1, 0.15) is 26.7 Å². The molecule has 0 saturated heterocycles. The maximum atomic E-state index is 12.8. The van der Waals surface area contributed by atoms with Crippen molar-refractivity contribution in [2.24, 2.45) is 16.7 Å². The summed E-state index contributed by atoms with van der Waals surface area (Å²) in [4.78, 5) is 37.7. The van der Waals surface area contributed by atoms with Gasteiger partial charge in [0, 0.05) is 16.5 Å². The van der Waals surface area contributed by atoms with Crippen molar-refractivity contribution < 1.29 is 23.2 Å². The van der Waals surface area contributed by atoms with Crippen molar-refractivity contribution in [1.82, 2.24) is 0 Å². The Balaban J connectivity index is 1.82. The lowest BCUT2D eigenvalue weighted by Crippen LogP contribution is -2.47. The number of ketones is 2. The molecule has 0 radical (unpaired) electrons. The normalized spacial score (nSPS) is 27.8. The summed E-state index contributed by atoms with van der Waals surface area (Å²) < 4.78 is 24.7. The first-order chi connectivity index (χ1) is 11.2. The van der Waals surface area contributed by atoms with Crippen molar-refractivity contribution in [2.75, 3.05) is 5.32 Å². The SMILES string of the molecule is CC1(C)C2CCC1(C(=O)Nc1ccc(SC(F)F)cc1)C(=O)C2=O.